The molecule has 1 fully saturated rings. The Kier molecular flexibility index (Phi) is 6.74. The predicted molar refractivity (Wildman–Crippen MR) is 87.3 cm³/mol. The molecule has 1 aromatic carbocycles. The van der Waals surface area contributed by atoms with Crippen LogP contribution in [-0.4, -0.2) is 36.3 Å². The van der Waals surface area contributed by atoms with Gasteiger partial charge in [0.05, 0.1) is 6.07 Å². The number of hydrogen-bond donors (Lipinski definition) is 1. The summed E-state index contributed by atoms with van der Waals surface area (Å²) in [6, 6.07) is 8.35. The van der Waals surface area contributed by atoms with Gasteiger partial charge in [-0.2, -0.15) is 5.26 Å². The third-order valence-corrected chi connectivity index (χ3v) is 4.36. The Morgan fingerprint density at radius 1 is 1.29 bits per heavy atom. The Morgan fingerprint density at radius 3 is 2.67 bits per heavy atom. The number of amides is 2. The van der Waals surface area contributed by atoms with E-state index in [1.165, 1.54) is 6.07 Å². The van der Waals surface area contributed by atoms with Gasteiger partial charge in [-0.1, -0.05) is 18.2 Å². The SMILES string of the molecule is N#CCC(=O)N1CCC(CNC(=O)CCc2ccccc2F)CC1. The lowest BCUT2D eigenvalue weighted by Crippen LogP contribution is -2.41. The van der Waals surface area contributed by atoms with Crippen LogP contribution in [0, 0.1) is 23.1 Å². The molecule has 0 aliphatic carbocycles. The van der Waals surface area contributed by atoms with Crippen LogP contribution in [0.2, 0.25) is 0 Å². The third kappa shape index (κ3) is 5.34. The number of carbonyl (C=O) groups is 2. The van der Waals surface area contributed by atoms with E-state index >= 15 is 0 Å². The standard InChI is InChI=1S/C18H22FN3O2/c19-16-4-2-1-3-15(16)5-6-17(23)21-13-14-8-11-22(12-9-14)18(24)7-10-20/h1-4,14H,5-9,11-13H2,(H,21,23). The van der Waals surface area contributed by atoms with E-state index in [2.05, 4.69) is 5.32 Å². The molecule has 0 bridgehead atoms. The van der Waals surface area contributed by atoms with E-state index in [0.29, 0.717) is 37.5 Å². The summed E-state index contributed by atoms with van der Waals surface area (Å²) in [4.78, 5) is 25.2. The molecule has 1 aliphatic rings. The summed E-state index contributed by atoms with van der Waals surface area (Å²) < 4.78 is 13.5. The van der Waals surface area contributed by atoms with Crippen LogP contribution >= 0.6 is 0 Å². The average molecular weight is 331 g/mol. The monoisotopic (exact) mass is 331 g/mol. The van der Waals surface area contributed by atoms with Gasteiger partial charge in [-0.05, 0) is 36.8 Å². The number of hydrogen-bond acceptors (Lipinski definition) is 3. The first-order chi connectivity index (χ1) is 11.6. The fraction of sp³-hybridized carbons (Fsp3) is 0.500. The number of aryl methyl sites for hydroxylation is 1. The van der Waals surface area contributed by atoms with Crippen LogP contribution in [-0.2, 0) is 16.0 Å². The van der Waals surface area contributed by atoms with Crippen molar-refractivity contribution in [3.05, 3.63) is 35.6 Å². The maximum absolute atomic E-state index is 13.5. The van der Waals surface area contributed by atoms with E-state index in [-0.39, 0.29) is 30.5 Å². The molecule has 0 spiro atoms. The quantitative estimate of drug-likeness (QED) is 0.867. The lowest BCUT2D eigenvalue weighted by Gasteiger charge is -2.31. The van der Waals surface area contributed by atoms with Crippen LogP contribution in [0.1, 0.15) is 31.2 Å². The maximum Gasteiger partial charge on any atom is 0.236 e. The highest BCUT2D eigenvalue weighted by Gasteiger charge is 2.22. The fourth-order valence-corrected chi connectivity index (χ4v) is 2.86. The van der Waals surface area contributed by atoms with Gasteiger partial charge in [0.2, 0.25) is 11.8 Å². The van der Waals surface area contributed by atoms with Crippen LogP contribution in [0.25, 0.3) is 0 Å². The van der Waals surface area contributed by atoms with Gasteiger partial charge in [0, 0.05) is 26.1 Å². The van der Waals surface area contributed by atoms with Crippen molar-refractivity contribution in [3.63, 3.8) is 0 Å². The number of piperidine rings is 1. The van der Waals surface area contributed by atoms with E-state index in [1.54, 1.807) is 23.1 Å². The van der Waals surface area contributed by atoms with Crippen molar-refractivity contribution in [2.24, 2.45) is 5.92 Å². The summed E-state index contributed by atoms with van der Waals surface area (Å²) in [6.07, 6.45) is 2.23. The Hall–Kier alpha value is -2.42. The van der Waals surface area contributed by atoms with Gasteiger partial charge in [-0.15, -0.1) is 0 Å². The van der Waals surface area contributed by atoms with Gasteiger partial charge in [0.25, 0.3) is 0 Å². The highest BCUT2D eigenvalue weighted by molar-refractivity contribution is 5.78. The molecule has 1 aliphatic heterocycles. The lowest BCUT2D eigenvalue weighted by molar-refractivity contribution is -0.131. The molecule has 5 nitrogen and oxygen atoms in total. The normalized spacial score (nSPS) is 14.9. The minimum atomic E-state index is -0.278. The number of likely N-dealkylation sites (tertiary alicyclic amines) is 1. The van der Waals surface area contributed by atoms with Crippen molar-refractivity contribution >= 4 is 11.8 Å². The fourth-order valence-electron chi connectivity index (χ4n) is 2.86. The molecule has 0 unspecified atom stereocenters. The predicted octanol–water partition coefficient (Wildman–Crippen LogP) is 2.03. The molecule has 128 valence electrons. The Morgan fingerprint density at radius 2 is 2.00 bits per heavy atom. The summed E-state index contributed by atoms with van der Waals surface area (Å²) in [7, 11) is 0. The lowest BCUT2D eigenvalue weighted by atomic mass is 9.96. The second-order valence-corrected chi connectivity index (χ2v) is 6.05. The first-order valence-electron chi connectivity index (χ1n) is 8.25. The average Bonchev–Trinajstić information content (AvgIpc) is 2.60. The minimum absolute atomic E-state index is 0.0720. The molecule has 0 radical (unpaired) electrons. The summed E-state index contributed by atoms with van der Waals surface area (Å²) in [5, 5.41) is 11.4. The van der Waals surface area contributed by atoms with Gasteiger partial charge in [-0.25, -0.2) is 4.39 Å². The zero-order valence-electron chi connectivity index (χ0n) is 13.6. The third-order valence-electron chi connectivity index (χ3n) is 4.36. The highest BCUT2D eigenvalue weighted by Crippen LogP contribution is 2.17. The van der Waals surface area contributed by atoms with Crippen LogP contribution in [0.5, 0.6) is 0 Å². The largest absolute Gasteiger partial charge is 0.356 e. The van der Waals surface area contributed by atoms with Gasteiger partial charge in [0.15, 0.2) is 0 Å². The molecule has 0 atom stereocenters. The van der Waals surface area contributed by atoms with E-state index in [1.807, 2.05) is 6.07 Å². The minimum Gasteiger partial charge on any atom is -0.356 e. The molecule has 0 aromatic heterocycles. The first kappa shape index (κ1) is 17.9. The van der Waals surface area contributed by atoms with Crippen LogP contribution in [0.4, 0.5) is 4.39 Å². The van der Waals surface area contributed by atoms with E-state index in [0.717, 1.165) is 12.8 Å². The number of nitrogens with one attached hydrogen (secondary N) is 1. The van der Waals surface area contributed by atoms with Crippen molar-refractivity contribution in [2.45, 2.75) is 32.1 Å². The molecule has 0 saturated carbocycles. The van der Waals surface area contributed by atoms with Crippen molar-refractivity contribution in [2.75, 3.05) is 19.6 Å². The number of halogens is 1. The Labute approximate surface area is 141 Å². The van der Waals surface area contributed by atoms with Crippen LogP contribution in [0.15, 0.2) is 24.3 Å². The highest BCUT2D eigenvalue weighted by atomic mass is 19.1. The van der Waals surface area contributed by atoms with Crippen LogP contribution < -0.4 is 5.32 Å². The molecule has 2 rings (SSSR count). The zero-order valence-corrected chi connectivity index (χ0v) is 13.6. The molecule has 1 aromatic rings. The summed E-state index contributed by atoms with van der Waals surface area (Å²) in [6.45, 7) is 1.85. The molecule has 1 saturated heterocycles. The van der Waals surface area contributed by atoms with E-state index < -0.39 is 0 Å². The van der Waals surface area contributed by atoms with Crippen molar-refractivity contribution in [3.8, 4) is 6.07 Å². The van der Waals surface area contributed by atoms with Crippen LogP contribution in [0.3, 0.4) is 0 Å². The van der Waals surface area contributed by atoms with Gasteiger partial charge in [0.1, 0.15) is 12.2 Å². The smallest absolute Gasteiger partial charge is 0.236 e. The second-order valence-electron chi connectivity index (χ2n) is 6.05. The number of rotatable bonds is 6. The number of benzene rings is 1. The molecule has 1 N–H and O–H groups in total. The number of carbonyl (C=O) groups excluding carboxylic acids is 2. The molecule has 24 heavy (non-hydrogen) atoms. The van der Waals surface area contributed by atoms with Gasteiger partial charge >= 0.3 is 0 Å². The zero-order chi connectivity index (χ0) is 17.4. The Bertz CT molecular complexity index is 619. The van der Waals surface area contributed by atoms with Crippen molar-refractivity contribution < 1.29 is 14.0 Å². The van der Waals surface area contributed by atoms with Gasteiger partial charge in [-0.3, -0.25) is 9.59 Å². The van der Waals surface area contributed by atoms with Crippen molar-refractivity contribution in [1.82, 2.24) is 10.2 Å². The molecular weight excluding hydrogens is 309 g/mol. The maximum atomic E-state index is 13.5. The molecule has 1 heterocycles. The topological polar surface area (TPSA) is 73.2 Å². The molecule has 2 amide bonds. The first-order valence-corrected chi connectivity index (χ1v) is 8.25. The molecular formula is C18H22FN3O2. The number of nitrogens with zero attached hydrogens (tertiary/aromatic N) is 2. The van der Waals surface area contributed by atoms with E-state index in [9.17, 15) is 14.0 Å². The second kappa shape index (κ2) is 9.02. The van der Waals surface area contributed by atoms with Crippen molar-refractivity contribution in [1.29, 1.82) is 5.26 Å². The summed E-state index contributed by atoms with van der Waals surface area (Å²) >= 11 is 0. The molecule has 6 heteroatoms. The summed E-state index contributed by atoms with van der Waals surface area (Å²) in [5.74, 6) is -0.139. The van der Waals surface area contributed by atoms with Gasteiger partial charge < -0.3 is 10.2 Å². The number of nitriles is 1. The summed E-state index contributed by atoms with van der Waals surface area (Å²) in [5.41, 5.74) is 0.553. The Balaban J connectivity index is 1.65. The van der Waals surface area contributed by atoms with E-state index in [4.69, 9.17) is 5.26 Å².